The molecule has 1 N–H and O–H groups in total. The van der Waals surface area contributed by atoms with Gasteiger partial charge in [-0.25, -0.2) is 18.1 Å². The van der Waals surface area contributed by atoms with Crippen molar-refractivity contribution in [3.8, 4) is 5.88 Å². The van der Waals surface area contributed by atoms with Crippen molar-refractivity contribution in [1.29, 1.82) is 0 Å². The van der Waals surface area contributed by atoms with Gasteiger partial charge in [-0.15, -0.1) is 0 Å². The minimum atomic E-state index is -3.73. The molecule has 4 heterocycles. The normalized spacial score (nSPS) is 17.2. The third-order valence-corrected chi connectivity index (χ3v) is 5.54. The summed E-state index contributed by atoms with van der Waals surface area (Å²) < 4.78 is 34.5. The van der Waals surface area contributed by atoms with E-state index < -0.39 is 10.0 Å². The second kappa shape index (κ2) is 4.87. The van der Waals surface area contributed by atoms with Crippen LogP contribution in [-0.4, -0.2) is 42.9 Å². The lowest BCUT2D eigenvalue weighted by Crippen LogP contribution is -2.39. The van der Waals surface area contributed by atoms with Crippen LogP contribution in [-0.2, 0) is 16.6 Å². The molecule has 0 aliphatic carbocycles. The molecule has 0 bridgehead atoms. The van der Waals surface area contributed by atoms with Crippen LogP contribution in [0.5, 0.6) is 5.88 Å². The Morgan fingerprint density at radius 1 is 1.32 bits per heavy atom. The molecular formula is C13H15N5O3S. The fourth-order valence-electron chi connectivity index (χ4n) is 2.72. The molecule has 9 heteroatoms. The Hall–Kier alpha value is -2.29. The van der Waals surface area contributed by atoms with Crippen LogP contribution in [0.25, 0.3) is 0 Å². The maximum absolute atomic E-state index is 13.0. The van der Waals surface area contributed by atoms with E-state index in [2.05, 4.69) is 15.4 Å². The van der Waals surface area contributed by atoms with Crippen molar-refractivity contribution >= 4 is 21.5 Å². The molecule has 0 amide bonds. The van der Waals surface area contributed by atoms with E-state index in [1.54, 1.807) is 23.0 Å². The first-order valence-corrected chi connectivity index (χ1v) is 8.52. The largest absolute Gasteiger partial charge is 0.477 e. The molecule has 0 saturated carbocycles. The predicted molar refractivity (Wildman–Crippen MR) is 79.6 cm³/mol. The molecule has 0 aromatic carbocycles. The second-order valence-corrected chi connectivity index (χ2v) is 6.94. The Labute approximate surface area is 127 Å². The van der Waals surface area contributed by atoms with Crippen molar-refractivity contribution in [2.75, 3.05) is 29.3 Å². The summed E-state index contributed by atoms with van der Waals surface area (Å²) in [5.41, 5.74) is 0.546. The lowest BCUT2D eigenvalue weighted by Gasteiger charge is -2.30. The van der Waals surface area contributed by atoms with Gasteiger partial charge in [0.1, 0.15) is 0 Å². The first-order valence-electron chi connectivity index (χ1n) is 7.08. The number of hydrogen-bond acceptors (Lipinski definition) is 6. The quantitative estimate of drug-likeness (QED) is 0.875. The monoisotopic (exact) mass is 321 g/mol. The Morgan fingerprint density at radius 2 is 2.23 bits per heavy atom. The van der Waals surface area contributed by atoms with Crippen LogP contribution in [0.3, 0.4) is 0 Å². The average Bonchev–Trinajstić information content (AvgIpc) is 2.99. The molecule has 0 radical (unpaired) electrons. The van der Waals surface area contributed by atoms with Crippen molar-refractivity contribution in [2.45, 2.75) is 17.9 Å². The fourth-order valence-corrected chi connectivity index (χ4v) is 4.26. The van der Waals surface area contributed by atoms with Crippen LogP contribution in [0.15, 0.2) is 29.4 Å². The highest BCUT2D eigenvalue weighted by Gasteiger charge is 2.34. The van der Waals surface area contributed by atoms with Gasteiger partial charge in [0.2, 0.25) is 5.88 Å². The zero-order chi connectivity index (χ0) is 15.2. The minimum absolute atomic E-state index is 0.115. The molecule has 2 aliphatic rings. The first-order chi connectivity index (χ1) is 10.7. The summed E-state index contributed by atoms with van der Waals surface area (Å²) in [5, 5.41) is 7.23. The fraction of sp³-hybridized carbons (Fsp3) is 0.385. The summed E-state index contributed by atoms with van der Waals surface area (Å²) >= 11 is 0. The lowest BCUT2D eigenvalue weighted by atomic mass is 10.3. The number of pyridine rings is 1. The van der Waals surface area contributed by atoms with E-state index in [9.17, 15) is 8.42 Å². The van der Waals surface area contributed by atoms with E-state index in [0.29, 0.717) is 43.6 Å². The van der Waals surface area contributed by atoms with Gasteiger partial charge in [-0.3, -0.25) is 4.31 Å². The summed E-state index contributed by atoms with van der Waals surface area (Å²) in [4.78, 5) is 4.30. The SMILES string of the molecule is O=S(=O)(c1cnn2c1OCCC2)N1CCNc2ncccc21. The van der Waals surface area contributed by atoms with Gasteiger partial charge in [0.05, 0.1) is 25.0 Å². The number of aromatic nitrogens is 3. The molecule has 0 fully saturated rings. The Kier molecular flexibility index (Phi) is 2.96. The van der Waals surface area contributed by atoms with Crippen LogP contribution in [0.1, 0.15) is 6.42 Å². The van der Waals surface area contributed by atoms with Crippen LogP contribution >= 0.6 is 0 Å². The van der Waals surface area contributed by atoms with Crippen LogP contribution in [0, 0.1) is 0 Å². The van der Waals surface area contributed by atoms with Gasteiger partial charge in [0.15, 0.2) is 10.7 Å². The summed E-state index contributed by atoms with van der Waals surface area (Å²) in [5.74, 6) is 0.898. The molecule has 0 saturated heterocycles. The van der Waals surface area contributed by atoms with Crippen molar-refractivity contribution in [1.82, 2.24) is 14.8 Å². The van der Waals surface area contributed by atoms with E-state index in [1.165, 1.54) is 10.5 Å². The van der Waals surface area contributed by atoms with E-state index in [1.807, 2.05) is 0 Å². The number of anilines is 2. The number of rotatable bonds is 2. The molecule has 0 atom stereocenters. The Bertz CT molecular complexity index is 817. The molecule has 8 nitrogen and oxygen atoms in total. The summed E-state index contributed by atoms with van der Waals surface area (Å²) in [6.45, 7) is 2.03. The zero-order valence-electron chi connectivity index (χ0n) is 11.8. The number of hydrogen-bond donors (Lipinski definition) is 1. The third-order valence-electron chi connectivity index (χ3n) is 3.74. The molecule has 0 spiro atoms. The van der Waals surface area contributed by atoms with Gasteiger partial charge in [0, 0.05) is 25.7 Å². The van der Waals surface area contributed by atoms with Crippen molar-refractivity contribution in [3.05, 3.63) is 24.5 Å². The maximum atomic E-state index is 13.0. The number of ether oxygens (including phenoxy) is 1. The highest BCUT2D eigenvalue weighted by Crippen LogP contribution is 2.35. The zero-order valence-corrected chi connectivity index (χ0v) is 12.6. The predicted octanol–water partition coefficient (Wildman–Crippen LogP) is 0.681. The molecule has 0 unspecified atom stereocenters. The number of nitrogens with one attached hydrogen (secondary N) is 1. The minimum Gasteiger partial charge on any atom is -0.477 e. The number of sulfonamides is 1. The van der Waals surface area contributed by atoms with Crippen LogP contribution in [0.4, 0.5) is 11.5 Å². The molecule has 2 aromatic heterocycles. The van der Waals surface area contributed by atoms with Gasteiger partial charge in [-0.05, 0) is 12.1 Å². The summed E-state index contributed by atoms with van der Waals surface area (Å²) in [6, 6.07) is 3.46. The van der Waals surface area contributed by atoms with Crippen molar-refractivity contribution in [3.63, 3.8) is 0 Å². The van der Waals surface area contributed by atoms with E-state index in [-0.39, 0.29) is 4.90 Å². The van der Waals surface area contributed by atoms with E-state index >= 15 is 0 Å². The van der Waals surface area contributed by atoms with Gasteiger partial charge >= 0.3 is 0 Å². The number of fused-ring (bicyclic) bond motifs is 2. The van der Waals surface area contributed by atoms with E-state index in [4.69, 9.17) is 4.74 Å². The van der Waals surface area contributed by atoms with Gasteiger partial charge in [0.25, 0.3) is 10.0 Å². The maximum Gasteiger partial charge on any atom is 0.271 e. The number of nitrogens with zero attached hydrogens (tertiary/aromatic N) is 4. The standard InChI is InChI=1S/C13H15N5O3S/c19-22(20,11-9-16-17-6-2-8-21-13(11)17)18-7-5-15-12-10(18)3-1-4-14-12/h1,3-4,9H,2,5-8H2,(H,14,15). The highest BCUT2D eigenvalue weighted by molar-refractivity contribution is 7.93. The molecular weight excluding hydrogens is 306 g/mol. The van der Waals surface area contributed by atoms with Gasteiger partial charge < -0.3 is 10.1 Å². The molecule has 2 aromatic rings. The van der Waals surface area contributed by atoms with Crippen LogP contribution in [0.2, 0.25) is 0 Å². The smallest absolute Gasteiger partial charge is 0.271 e. The summed E-state index contributed by atoms with van der Waals surface area (Å²) in [6.07, 6.45) is 3.83. The van der Waals surface area contributed by atoms with Gasteiger partial charge in [-0.1, -0.05) is 0 Å². The van der Waals surface area contributed by atoms with Crippen molar-refractivity contribution < 1.29 is 13.2 Å². The second-order valence-electron chi connectivity index (χ2n) is 5.11. The molecule has 4 rings (SSSR count). The Morgan fingerprint density at radius 3 is 3.14 bits per heavy atom. The summed E-state index contributed by atoms with van der Waals surface area (Å²) in [7, 11) is -3.73. The van der Waals surface area contributed by atoms with E-state index in [0.717, 1.165) is 6.42 Å². The highest BCUT2D eigenvalue weighted by atomic mass is 32.2. The number of aryl methyl sites for hydroxylation is 1. The lowest BCUT2D eigenvalue weighted by molar-refractivity contribution is 0.224. The Balaban J connectivity index is 1.81. The molecule has 116 valence electrons. The molecule has 2 aliphatic heterocycles. The van der Waals surface area contributed by atoms with Gasteiger partial charge in [-0.2, -0.15) is 5.10 Å². The average molecular weight is 321 g/mol. The molecule has 22 heavy (non-hydrogen) atoms. The van der Waals surface area contributed by atoms with Crippen molar-refractivity contribution in [2.24, 2.45) is 0 Å². The topological polar surface area (TPSA) is 89.3 Å². The first kappa shape index (κ1) is 13.4. The van der Waals surface area contributed by atoms with Crippen LogP contribution < -0.4 is 14.4 Å². The third kappa shape index (κ3) is 1.92.